The maximum absolute atomic E-state index is 12.9. The van der Waals surface area contributed by atoms with Gasteiger partial charge in [0.05, 0.1) is 4.88 Å². The van der Waals surface area contributed by atoms with Crippen LogP contribution < -0.4 is 0 Å². The van der Waals surface area contributed by atoms with E-state index in [9.17, 15) is 9.18 Å². The van der Waals surface area contributed by atoms with E-state index >= 15 is 0 Å². The Hall–Kier alpha value is -1.42. The molecule has 0 aliphatic rings. The van der Waals surface area contributed by atoms with Gasteiger partial charge in [-0.2, -0.15) is 0 Å². The summed E-state index contributed by atoms with van der Waals surface area (Å²) in [6.45, 7) is 0. The first-order chi connectivity index (χ1) is 7.08. The Morgan fingerprint density at radius 3 is 2.73 bits per heavy atom. The average molecular weight is 223 g/mol. The van der Waals surface area contributed by atoms with Crippen molar-refractivity contribution in [2.45, 2.75) is 0 Å². The zero-order chi connectivity index (χ0) is 11.0. The number of rotatable bonds is 1. The van der Waals surface area contributed by atoms with Crippen molar-refractivity contribution in [1.29, 1.82) is 0 Å². The number of nitrogens with zero attached hydrogens (tertiary/aromatic N) is 1. The number of thiophene rings is 1. The summed E-state index contributed by atoms with van der Waals surface area (Å²) in [5.41, 5.74) is 0. The van der Waals surface area contributed by atoms with Crippen molar-refractivity contribution < 1.29 is 9.18 Å². The van der Waals surface area contributed by atoms with Crippen molar-refractivity contribution in [3.63, 3.8) is 0 Å². The van der Waals surface area contributed by atoms with Gasteiger partial charge in [0.2, 0.25) is 0 Å². The predicted molar refractivity (Wildman–Crippen MR) is 59.8 cm³/mol. The minimum atomic E-state index is -0.274. The van der Waals surface area contributed by atoms with Gasteiger partial charge in [0.25, 0.3) is 5.91 Å². The molecule has 0 bridgehead atoms. The van der Waals surface area contributed by atoms with E-state index in [2.05, 4.69) is 0 Å². The Kier molecular flexibility index (Phi) is 2.44. The number of benzene rings is 1. The lowest BCUT2D eigenvalue weighted by Crippen LogP contribution is -2.20. The molecule has 1 aromatic carbocycles. The van der Waals surface area contributed by atoms with E-state index in [1.165, 1.54) is 28.4 Å². The number of halogens is 1. The molecule has 0 N–H and O–H groups in total. The molecule has 0 spiro atoms. The van der Waals surface area contributed by atoms with Crippen LogP contribution in [0, 0.1) is 5.82 Å². The fourth-order valence-electron chi connectivity index (χ4n) is 1.34. The molecule has 0 fully saturated rings. The largest absolute Gasteiger partial charge is 0.344 e. The standard InChI is InChI=1S/C11H10FNOS/c1-13(2)11(14)10-6-7-5-8(12)3-4-9(7)15-10/h3-6H,1-2H3. The van der Waals surface area contributed by atoms with Gasteiger partial charge in [0.15, 0.2) is 0 Å². The number of hydrogen-bond donors (Lipinski definition) is 0. The Bertz CT molecular complexity index is 518. The van der Waals surface area contributed by atoms with Crippen molar-refractivity contribution >= 4 is 27.3 Å². The topological polar surface area (TPSA) is 20.3 Å². The molecule has 0 radical (unpaired) electrons. The first kappa shape index (κ1) is 10.1. The summed E-state index contributed by atoms with van der Waals surface area (Å²) < 4.78 is 13.8. The summed E-state index contributed by atoms with van der Waals surface area (Å²) >= 11 is 1.38. The van der Waals surface area contributed by atoms with Crippen molar-refractivity contribution in [3.8, 4) is 0 Å². The van der Waals surface area contributed by atoms with Crippen LogP contribution >= 0.6 is 11.3 Å². The molecule has 2 nitrogen and oxygen atoms in total. The quantitative estimate of drug-likeness (QED) is 0.728. The molecule has 15 heavy (non-hydrogen) atoms. The number of hydrogen-bond acceptors (Lipinski definition) is 2. The van der Waals surface area contributed by atoms with Crippen LogP contribution in [0.25, 0.3) is 10.1 Å². The van der Waals surface area contributed by atoms with Gasteiger partial charge in [-0.15, -0.1) is 11.3 Å². The van der Waals surface area contributed by atoms with E-state index in [-0.39, 0.29) is 11.7 Å². The molecule has 2 rings (SSSR count). The summed E-state index contributed by atoms with van der Waals surface area (Å²) in [6.07, 6.45) is 0. The predicted octanol–water partition coefficient (Wildman–Crippen LogP) is 2.74. The minimum Gasteiger partial charge on any atom is -0.344 e. The lowest BCUT2D eigenvalue weighted by molar-refractivity contribution is 0.0832. The van der Waals surface area contributed by atoms with Crippen molar-refractivity contribution in [2.75, 3.05) is 14.1 Å². The lowest BCUT2D eigenvalue weighted by atomic mass is 10.2. The second-order valence-electron chi connectivity index (χ2n) is 3.49. The normalized spacial score (nSPS) is 10.6. The van der Waals surface area contributed by atoms with Crippen LogP contribution in [0.15, 0.2) is 24.3 Å². The van der Waals surface area contributed by atoms with Crippen molar-refractivity contribution in [3.05, 3.63) is 35.0 Å². The maximum Gasteiger partial charge on any atom is 0.263 e. The van der Waals surface area contributed by atoms with E-state index < -0.39 is 0 Å². The third-order valence-electron chi connectivity index (χ3n) is 2.10. The Morgan fingerprint density at radius 2 is 2.07 bits per heavy atom. The minimum absolute atomic E-state index is 0.0448. The molecule has 2 aromatic rings. The van der Waals surface area contributed by atoms with Gasteiger partial charge in [0.1, 0.15) is 5.82 Å². The number of amides is 1. The van der Waals surface area contributed by atoms with Gasteiger partial charge in [-0.1, -0.05) is 0 Å². The number of carbonyl (C=O) groups excluding carboxylic acids is 1. The molecular weight excluding hydrogens is 213 g/mol. The van der Waals surface area contributed by atoms with E-state index in [0.29, 0.717) is 4.88 Å². The molecule has 0 aliphatic carbocycles. The van der Waals surface area contributed by atoms with Crippen LogP contribution in [-0.2, 0) is 0 Å². The lowest BCUT2D eigenvalue weighted by Gasteiger charge is -2.06. The number of fused-ring (bicyclic) bond motifs is 1. The zero-order valence-electron chi connectivity index (χ0n) is 8.45. The van der Waals surface area contributed by atoms with Gasteiger partial charge in [-0.3, -0.25) is 4.79 Å². The first-order valence-corrected chi connectivity index (χ1v) is 5.30. The monoisotopic (exact) mass is 223 g/mol. The second-order valence-corrected chi connectivity index (χ2v) is 4.58. The molecule has 1 heterocycles. The SMILES string of the molecule is CN(C)C(=O)c1cc2cc(F)ccc2s1. The van der Waals surface area contributed by atoms with Crippen LogP contribution in [0.3, 0.4) is 0 Å². The summed E-state index contributed by atoms with van der Waals surface area (Å²) in [6, 6.07) is 6.27. The van der Waals surface area contributed by atoms with Crippen molar-refractivity contribution in [1.82, 2.24) is 4.90 Å². The van der Waals surface area contributed by atoms with Crippen LogP contribution in [0.5, 0.6) is 0 Å². The summed E-state index contributed by atoms with van der Waals surface area (Å²) in [5.74, 6) is -0.319. The van der Waals surface area contributed by atoms with E-state index in [1.807, 2.05) is 0 Å². The molecule has 78 valence electrons. The molecule has 4 heteroatoms. The molecule has 1 aromatic heterocycles. The Balaban J connectivity index is 2.52. The molecule has 0 atom stereocenters. The fraction of sp³-hybridized carbons (Fsp3) is 0.182. The van der Waals surface area contributed by atoms with Gasteiger partial charge in [-0.05, 0) is 29.7 Å². The average Bonchev–Trinajstić information content (AvgIpc) is 2.58. The summed E-state index contributed by atoms with van der Waals surface area (Å²) in [4.78, 5) is 13.8. The summed E-state index contributed by atoms with van der Waals surface area (Å²) in [5, 5.41) is 0.783. The molecular formula is C11H10FNOS. The molecule has 0 aliphatic heterocycles. The van der Waals surface area contributed by atoms with Gasteiger partial charge in [0, 0.05) is 18.8 Å². The van der Waals surface area contributed by atoms with E-state index in [0.717, 1.165) is 10.1 Å². The van der Waals surface area contributed by atoms with Crippen LogP contribution in [0.1, 0.15) is 9.67 Å². The zero-order valence-corrected chi connectivity index (χ0v) is 9.27. The second kappa shape index (κ2) is 3.62. The molecule has 0 saturated carbocycles. The van der Waals surface area contributed by atoms with E-state index in [4.69, 9.17) is 0 Å². The van der Waals surface area contributed by atoms with Crippen LogP contribution in [0.2, 0.25) is 0 Å². The van der Waals surface area contributed by atoms with Gasteiger partial charge >= 0.3 is 0 Å². The number of carbonyl (C=O) groups is 1. The first-order valence-electron chi connectivity index (χ1n) is 4.48. The fourth-order valence-corrected chi connectivity index (χ4v) is 2.40. The summed E-state index contributed by atoms with van der Waals surface area (Å²) in [7, 11) is 3.40. The van der Waals surface area contributed by atoms with Crippen LogP contribution in [-0.4, -0.2) is 24.9 Å². The third kappa shape index (κ3) is 1.85. The Morgan fingerprint density at radius 1 is 1.33 bits per heavy atom. The van der Waals surface area contributed by atoms with Crippen molar-refractivity contribution in [2.24, 2.45) is 0 Å². The highest BCUT2D eigenvalue weighted by atomic mass is 32.1. The maximum atomic E-state index is 12.9. The van der Waals surface area contributed by atoms with Crippen LogP contribution in [0.4, 0.5) is 4.39 Å². The smallest absolute Gasteiger partial charge is 0.263 e. The molecule has 1 amide bonds. The van der Waals surface area contributed by atoms with Gasteiger partial charge in [-0.25, -0.2) is 4.39 Å². The molecule has 0 unspecified atom stereocenters. The highest BCUT2D eigenvalue weighted by molar-refractivity contribution is 7.20. The third-order valence-corrected chi connectivity index (χ3v) is 3.20. The highest BCUT2D eigenvalue weighted by Gasteiger charge is 2.11. The van der Waals surface area contributed by atoms with E-state index in [1.54, 1.807) is 26.2 Å². The van der Waals surface area contributed by atoms with Gasteiger partial charge < -0.3 is 4.90 Å². The molecule has 0 saturated heterocycles. The highest BCUT2D eigenvalue weighted by Crippen LogP contribution is 2.26. The Labute approximate surface area is 90.9 Å².